The molecule has 1 aliphatic rings. The van der Waals surface area contributed by atoms with Crippen LogP contribution in [0.5, 0.6) is 11.5 Å². The number of carbonyl (C=O) groups excluding carboxylic acids is 1. The summed E-state index contributed by atoms with van der Waals surface area (Å²) in [7, 11) is -3.31. The molecular weight excluding hydrogens is 592 g/mol. The van der Waals surface area contributed by atoms with Crippen LogP contribution in [0.2, 0.25) is 0 Å². The number of rotatable bonds is 12. The lowest BCUT2D eigenvalue weighted by Crippen LogP contribution is -2.49. The van der Waals surface area contributed by atoms with Crippen molar-refractivity contribution in [3.05, 3.63) is 78.4 Å². The number of nitrogens with zero attached hydrogens (tertiary/aromatic N) is 2. The summed E-state index contributed by atoms with van der Waals surface area (Å²) in [5, 5.41) is 3.13. The van der Waals surface area contributed by atoms with Gasteiger partial charge in [-0.05, 0) is 85.7 Å². The second-order valence-corrected chi connectivity index (χ2v) is 13.0. The Morgan fingerprint density at radius 3 is 2.24 bits per heavy atom. The van der Waals surface area contributed by atoms with Crippen molar-refractivity contribution in [3.63, 3.8) is 0 Å². The number of halogens is 1. The van der Waals surface area contributed by atoms with E-state index in [-0.39, 0.29) is 24.5 Å². The molecule has 228 valence electrons. The second-order valence-electron chi connectivity index (χ2n) is 10.4. The summed E-state index contributed by atoms with van der Waals surface area (Å²) in [5.41, 5.74) is 2.54. The maximum absolute atomic E-state index is 13.3. The van der Waals surface area contributed by atoms with Gasteiger partial charge in [-0.1, -0.05) is 31.5 Å². The molecule has 2 amide bonds. The fourth-order valence-electron chi connectivity index (χ4n) is 4.93. The number of urea groups is 1. The van der Waals surface area contributed by atoms with Crippen LogP contribution in [0, 0.1) is 0 Å². The molecule has 0 radical (unpaired) electrons. The number of thioether (sulfide) groups is 1. The molecule has 11 heteroatoms. The van der Waals surface area contributed by atoms with E-state index in [9.17, 15) is 13.2 Å². The van der Waals surface area contributed by atoms with E-state index in [1.165, 1.54) is 5.56 Å². The first-order valence-corrected chi connectivity index (χ1v) is 17.1. The molecule has 0 spiro atoms. The highest BCUT2D eigenvalue weighted by Gasteiger charge is 2.28. The number of carbonyl (C=O) groups is 1. The van der Waals surface area contributed by atoms with Gasteiger partial charge in [0.2, 0.25) is 10.0 Å². The van der Waals surface area contributed by atoms with Gasteiger partial charge in [-0.3, -0.25) is 9.62 Å². The monoisotopic (exact) mass is 632 g/mol. The summed E-state index contributed by atoms with van der Waals surface area (Å²) in [4.78, 5) is 18.9. The van der Waals surface area contributed by atoms with E-state index < -0.39 is 10.0 Å². The molecule has 0 aromatic heterocycles. The molecule has 1 saturated heterocycles. The van der Waals surface area contributed by atoms with E-state index in [0.717, 1.165) is 74.5 Å². The van der Waals surface area contributed by atoms with E-state index in [1.807, 2.05) is 47.6 Å². The third-order valence-electron chi connectivity index (χ3n) is 7.06. The van der Waals surface area contributed by atoms with E-state index in [2.05, 4.69) is 34.0 Å². The number of anilines is 2. The number of amides is 2. The minimum Gasteiger partial charge on any atom is -0.457 e. The van der Waals surface area contributed by atoms with Gasteiger partial charge in [0.05, 0.1) is 6.26 Å². The molecular formula is C31H41ClN4O4S2. The van der Waals surface area contributed by atoms with Crippen LogP contribution in [-0.4, -0.2) is 62.4 Å². The maximum atomic E-state index is 13.3. The number of piperidine rings is 1. The first kappa shape index (κ1) is 33.6. The largest absolute Gasteiger partial charge is 0.457 e. The lowest BCUT2D eigenvalue weighted by molar-refractivity contribution is 0.122. The Bertz CT molecular complexity index is 1380. The van der Waals surface area contributed by atoms with E-state index in [1.54, 1.807) is 36.0 Å². The van der Waals surface area contributed by atoms with Crippen molar-refractivity contribution >= 4 is 51.6 Å². The molecule has 0 saturated carbocycles. The average Bonchev–Trinajstić information content (AvgIpc) is 2.95. The SMILES string of the molecule is CCCCN(C(=O)Nc1cccc(SC)c1)C1CCN(Cc2ccc(Oc3ccc(NS(C)(=O)=O)cc3)cc2)CC1.Cl. The zero-order valence-electron chi connectivity index (χ0n) is 24.4. The van der Waals surface area contributed by atoms with Gasteiger partial charge in [-0.15, -0.1) is 24.2 Å². The van der Waals surface area contributed by atoms with E-state index in [4.69, 9.17) is 4.74 Å². The Kier molecular flexibility index (Phi) is 12.8. The molecule has 3 aromatic carbocycles. The zero-order chi connectivity index (χ0) is 29.2. The molecule has 8 nitrogen and oxygen atoms in total. The van der Waals surface area contributed by atoms with Crippen molar-refractivity contribution in [1.29, 1.82) is 0 Å². The smallest absolute Gasteiger partial charge is 0.322 e. The zero-order valence-corrected chi connectivity index (χ0v) is 26.9. The summed E-state index contributed by atoms with van der Waals surface area (Å²) in [5.74, 6) is 1.35. The number of hydrogen-bond donors (Lipinski definition) is 2. The maximum Gasteiger partial charge on any atom is 0.322 e. The fourth-order valence-corrected chi connectivity index (χ4v) is 5.95. The second kappa shape index (κ2) is 16.1. The lowest BCUT2D eigenvalue weighted by Gasteiger charge is -2.38. The van der Waals surface area contributed by atoms with Crippen molar-refractivity contribution in [2.75, 3.05) is 42.2 Å². The van der Waals surface area contributed by atoms with Crippen LogP contribution < -0.4 is 14.8 Å². The topological polar surface area (TPSA) is 91.0 Å². The van der Waals surface area contributed by atoms with Crippen molar-refractivity contribution in [2.45, 2.75) is 50.1 Å². The van der Waals surface area contributed by atoms with Crippen LogP contribution in [0.15, 0.2) is 77.7 Å². The lowest BCUT2D eigenvalue weighted by atomic mass is 10.0. The van der Waals surface area contributed by atoms with Gasteiger partial charge >= 0.3 is 6.03 Å². The van der Waals surface area contributed by atoms with Crippen LogP contribution in [0.4, 0.5) is 16.2 Å². The number of hydrogen-bond acceptors (Lipinski definition) is 6. The van der Waals surface area contributed by atoms with Crippen LogP contribution in [0.1, 0.15) is 38.2 Å². The molecule has 1 fully saturated rings. The highest BCUT2D eigenvalue weighted by Crippen LogP contribution is 2.26. The first-order chi connectivity index (χ1) is 19.7. The highest BCUT2D eigenvalue weighted by atomic mass is 35.5. The minimum absolute atomic E-state index is 0. The quantitative estimate of drug-likeness (QED) is 0.204. The van der Waals surface area contributed by atoms with Crippen LogP contribution >= 0.6 is 24.2 Å². The number of ether oxygens (including phenoxy) is 1. The average molecular weight is 633 g/mol. The van der Waals surface area contributed by atoms with Gasteiger partial charge in [0.1, 0.15) is 11.5 Å². The molecule has 4 rings (SSSR count). The van der Waals surface area contributed by atoms with Crippen molar-refractivity contribution in [1.82, 2.24) is 9.80 Å². The summed E-state index contributed by atoms with van der Waals surface area (Å²) in [6.07, 6.45) is 7.11. The van der Waals surface area contributed by atoms with Crippen molar-refractivity contribution in [3.8, 4) is 11.5 Å². The predicted octanol–water partition coefficient (Wildman–Crippen LogP) is 7.29. The van der Waals surface area contributed by atoms with Gasteiger partial charge < -0.3 is 15.0 Å². The molecule has 1 aliphatic heterocycles. The highest BCUT2D eigenvalue weighted by molar-refractivity contribution is 7.98. The Morgan fingerprint density at radius 1 is 1.00 bits per heavy atom. The molecule has 0 bridgehead atoms. The number of sulfonamides is 1. The van der Waals surface area contributed by atoms with Crippen LogP contribution in [0.3, 0.4) is 0 Å². The fraction of sp³-hybridized carbons (Fsp3) is 0.387. The van der Waals surface area contributed by atoms with Gasteiger partial charge in [-0.2, -0.15) is 0 Å². The van der Waals surface area contributed by atoms with Crippen molar-refractivity contribution < 1.29 is 17.9 Å². The number of benzene rings is 3. The summed E-state index contributed by atoms with van der Waals surface area (Å²) >= 11 is 1.67. The normalized spacial score (nSPS) is 14.1. The number of likely N-dealkylation sites (tertiary alicyclic amines) is 1. The van der Waals surface area contributed by atoms with Crippen LogP contribution in [-0.2, 0) is 16.6 Å². The summed E-state index contributed by atoms with van der Waals surface area (Å²) in [6, 6.07) is 23.1. The van der Waals surface area contributed by atoms with Crippen LogP contribution in [0.25, 0.3) is 0 Å². The third kappa shape index (κ3) is 10.4. The number of unbranched alkanes of at least 4 members (excludes halogenated alkanes) is 1. The predicted molar refractivity (Wildman–Crippen MR) is 176 cm³/mol. The summed E-state index contributed by atoms with van der Waals surface area (Å²) < 4.78 is 31.1. The Hall–Kier alpha value is -2.92. The van der Waals surface area contributed by atoms with Gasteiger partial charge in [0.15, 0.2) is 0 Å². The third-order valence-corrected chi connectivity index (χ3v) is 8.39. The minimum atomic E-state index is -3.31. The molecule has 0 unspecified atom stereocenters. The Balaban J connectivity index is 0.00000484. The van der Waals surface area contributed by atoms with E-state index >= 15 is 0 Å². The Morgan fingerprint density at radius 2 is 1.64 bits per heavy atom. The van der Waals surface area contributed by atoms with Gasteiger partial charge in [0, 0.05) is 48.5 Å². The van der Waals surface area contributed by atoms with Gasteiger partial charge in [0.25, 0.3) is 0 Å². The molecule has 3 aromatic rings. The Labute approximate surface area is 260 Å². The van der Waals surface area contributed by atoms with Crippen molar-refractivity contribution in [2.24, 2.45) is 0 Å². The molecule has 1 heterocycles. The molecule has 2 N–H and O–H groups in total. The first-order valence-electron chi connectivity index (χ1n) is 14.0. The summed E-state index contributed by atoms with van der Waals surface area (Å²) in [6.45, 7) is 5.66. The molecule has 0 aliphatic carbocycles. The molecule has 0 atom stereocenters. The van der Waals surface area contributed by atoms with Gasteiger partial charge in [-0.25, -0.2) is 13.2 Å². The standard InChI is InChI=1S/C31H40N4O4S2.ClH/c1-4-5-19-35(31(36)32-26-7-6-8-30(22-26)40-2)27-17-20-34(21-18-27)23-24-9-13-28(14-10-24)39-29-15-11-25(12-16-29)33-41(3,37)38;/h6-16,22,27,33H,4-5,17-21,23H2,1-3H3,(H,32,36);1H. The number of nitrogens with one attached hydrogen (secondary N) is 2. The molecule has 42 heavy (non-hydrogen) atoms. The van der Waals surface area contributed by atoms with E-state index in [0.29, 0.717) is 11.4 Å².